The Balaban J connectivity index is 1.41. The fraction of sp³-hybridized carbons (Fsp3) is 0.348. The molecule has 0 saturated carbocycles. The van der Waals surface area contributed by atoms with Crippen LogP contribution in [0.25, 0.3) is 10.2 Å². The number of likely N-dealkylation sites (tertiary alicyclic amines) is 1. The number of Topliss-reactive ketones (excluding diaryl/α,β-unsaturated/α-hetero) is 1. The molecule has 1 amide bonds. The average molecular weight is 408 g/mol. The van der Waals surface area contributed by atoms with Crippen LogP contribution in [0.2, 0.25) is 0 Å². The highest BCUT2D eigenvalue weighted by Crippen LogP contribution is 2.33. The maximum absolute atomic E-state index is 12.8. The molecule has 0 radical (unpaired) electrons. The lowest BCUT2D eigenvalue weighted by Gasteiger charge is -2.35. The van der Waals surface area contributed by atoms with Gasteiger partial charge in [-0.1, -0.05) is 12.1 Å². The van der Waals surface area contributed by atoms with Crippen LogP contribution in [0.4, 0.5) is 5.69 Å². The van der Waals surface area contributed by atoms with Gasteiger partial charge in [0.15, 0.2) is 5.78 Å². The van der Waals surface area contributed by atoms with E-state index in [1.165, 1.54) is 16.6 Å². The van der Waals surface area contributed by atoms with Crippen molar-refractivity contribution in [2.45, 2.75) is 38.6 Å². The number of carbonyl (C=O) groups is 2. The molecule has 0 unspecified atom stereocenters. The number of piperidine rings is 1. The van der Waals surface area contributed by atoms with Crippen molar-refractivity contribution in [3.8, 4) is 0 Å². The van der Waals surface area contributed by atoms with E-state index in [1.807, 2.05) is 19.1 Å². The molecule has 1 aliphatic heterocycles. The van der Waals surface area contributed by atoms with Crippen molar-refractivity contribution in [1.29, 1.82) is 0 Å². The predicted octanol–water partition coefficient (Wildman–Crippen LogP) is 4.71. The summed E-state index contributed by atoms with van der Waals surface area (Å²) in [5.41, 5.74) is 2.42. The molecule has 0 aliphatic carbocycles. The van der Waals surface area contributed by atoms with Crippen molar-refractivity contribution >= 4 is 38.9 Å². The van der Waals surface area contributed by atoms with Crippen molar-refractivity contribution in [1.82, 2.24) is 9.88 Å². The molecule has 5 nitrogen and oxygen atoms in total. The Labute approximate surface area is 174 Å². The Kier molecular flexibility index (Phi) is 5.74. The van der Waals surface area contributed by atoms with Crippen molar-refractivity contribution in [3.63, 3.8) is 0 Å². The van der Waals surface area contributed by atoms with Gasteiger partial charge in [-0.2, -0.15) is 0 Å². The van der Waals surface area contributed by atoms with Gasteiger partial charge in [0.1, 0.15) is 0 Å². The number of amides is 1. The van der Waals surface area contributed by atoms with Gasteiger partial charge in [-0.3, -0.25) is 14.5 Å². The smallest absolute Gasteiger partial charge is 0.241 e. The maximum Gasteiger partial charge on any atom is 0.241 e. The third-order valence-electron chi connectivity index (χ3n) is 5.60. The van der Waals surface area contributed by atoms with E-state index in [2.05, 4.69) is 22.3 Å². The van der Waals surface area contributed by atoms with E-state index in [-0.39, 0.29) is 17.7 Å². The third-order valence-corrected chi connectivity index (χ3v) is 6.80. The van der Waals surface area contributed by atoms with Gasteiger partial charge in [-0.25, -0.2) is 4.98 Å². The number of carbonyl (C=O) groups excluding carboxylic acids is 2. The van der Waals surface area contributed by atoms with Crippen LogP contribution >= 0.6 is 11.3 Å². The first-order valence-electron chi connectivity index (χ1n) is 10.0. The molecule has 2 atom stereocenters. The van der Waals surface area contributed by atoms with Crippen LogP contribution in [-0.2, 0) is 4.79 Å². The second-order valence-electron chi connectivity index (χ2n) is 7.65. The van der Waals surface area contributed by atoms with Gasteiger partial charge in [-0.05, 0) is 69.6 Å². The molecular formula is C23H25N3O2S. The van der Waals surface area contributed by atoms with Gasteiger partial charge >= 0.3 is 0 Å². The standard InChI is InChI=1S/C23H25N3O2S/c1-15(22(28)24-19-11-9-17(10-12-19)16(2)27)26-13-5-6-18(14-26)23-25-20-7-3-4-8-21(20)29-23/h3-4,7-12,15,18H,5-6,13-14H2,1-2H3,(H,24,28)/t15-,18+/m1/s1. The Morgan fingerprint density at radius 2 is 1.93 bits per heavy atom. The summed E-state index contributed by atoms with van der Waals surface area (Å²) in [4.78, 5) is 31.3. The van der Waals surface area contributed by atoms with E-state index >= 15 is 0 Å². The first-order valence-corrected chi connectivity index (χ1v) is 10.8. The van der Waals surface area contributed by atoms with Gasteiger partial charge in [-0.15, -0.1) is 11.3 Å². The SMILES string of the molecule is CC(=O)c1ccc(NC(=O)[C@@H](C)N2CCC[C@H](c3nc4ccccc4s3)C2)cc1. The molecule has 4 rings (SSSR count). The van der Waals surface area contributed by atoms with Gasteiger partial charge in [0, 0.05) is 23.7 Å². The molecule has 3 aromatic rings. The lowest BCUT2D eigenvalue weighted by atomic mass is 9.97. The normalized spacial score (nSPS) is 18.5. The van der Waals surface area contributed by atoms with Crippen LogP contribution in [0.3, 0.4) is 0 Å². The number of benzene rings is 2. The number of ketones is 1. The number of hydrogen-bond acceptors (Lipinski definition) is 5. The quantitative estimate of drug-likeness (QED) is 0.623. The minimum atomic E-state index is -0.223. The molecule has 0 bridgehead atoms. The van der Waals surface area contributed by atoms with Gasteiger partial charge in [0.25, 0.3) is 0 Å². The number of nitrogens with zero attached hydrogens (tertiary/aromatic N) is 2. The molecular weight excluding hydrogens is 382 g/mol. The van der Waals surface area contributed by atoms with Gasteiger partial charge in [0.2, 0.25) is 5.91 Å². The van der Waals surface area contributed by atoms with E-state index in [0.717, 1.165) is 31.4 Å². The molecule has 2 heterocycles. The van der Waals surface area contributed by atoms with Crippen molar-refractivity contribution < 1.29 is 9.59 Å². The molecule has 1 aliphatic rings. The summed E-state index contributed by atoms with van der Waals surface area (Å²) in [6.07, 6.45) is 2.17. The molecule has 150 valence electrons. The zero-order valence-corrected chi connectivity index (χ0v) is 17.5. The van der Waals surface area contributed by atoms with E-state index in [4.69, 9.17) is 4.98 Å². The largest absolute Gasteiger partial charge is 0.325 e. The molecule has 29 heavy (non-hydrogen) atoms. The minimum absolute atomic E-state index is 0.0189. The van der Waals surface area contributed by atoms with Crippen LogP contribution in [0.1, 0.15) is 48.0 Å². The minimum Gasteiger partial charge on any atom is -0.325 e. The average Bonchev–Trinajstić information content (AvgIpc) is 3.18. The van der Waals surface area contributed by atoms with Crippen molar-refractivity contribution in [3.05, 3.63) is 59.1 Å². The van der Waals surface area contributed by atoms with Crippen LogP contribution in [0.5, 0.6) is 0 Å². The molecule has 0 spiro atoms. The van der Waals surface area contributed by atoms with E-state index in [9.17, 15) is 9.59 Å². The first-order chi connectivity index (χ1) is 14.0. The molecule has 1 fully saturated rings. The fourth-order valence-electron chi connectivity index (χ4n) is 3.83. The zero-order valence-electron chi connectivity index (χ0n) is 16.7. The molecule has 2 aromatic carbocycles. The highest BCUT2D eigenvalue weighted by atomic mass is 32.1. The first kappa shape index (κ1) is 19.7. The Morgan fingerprint density at radius 3 is 2.66 bits per heavy atom. The number of anilines is 1. The number of para-hydroxylation sites is 1. The lowest BCUT2D eigenvalue weighted by Crippen LogP contribution is -2.46. The Morgan fingerprint density at radius 1 is 1.17 bits per heavy atom. The van der Waals surface area contributed by atoms with E-state index < -0.39 is 0 Å². The predicted molar refractivity (Wildman–Crippen MR) is 118 cm³/mol. The van der Waals surface area contributed by atoms with Crippen LogP contribution in [0.15, 0.2) is 48.5 Å². The molecule has 1 N–H and O–H groups in total. The monoisotopic (exact) mass is 407 g/mol. The summed E-state index contributed by atoms with van der Waals surface area (Å²) in [6, 6.07) is 15.1. The van der Waals surface area contributed by atoms with Crippen molar-refractivity contribution in [2.75, 3.05) is 18.4 Å². The Bertz CT molecular complexity index is 995. The second-order valence-corrected chi connectivity index (χ2v) is 8.71. The highest BCUT2D eigenvalue weighted by Gasteiger charge is 2.29. The maximum atomic E-state index is 12.8. The summed E-state index contributed by atoms with van der Waals surface area (Å²) in [7, 11) is 0. The molecule has 1 aromatic heterocycles. The summed E-state index contributed by atoms with van der Waals surface area (Å²) in [5.74, 6) is 0.363. The third kappa shape index (κ3) is 4.38. The number of thiazole rings is 1. The number of hydrogen-bond donors (Lipinski definition) is 1. The summed E-state index contributed by atoms with van der Waals surface area (Å²) < 4.78 is 1.22. The number of nitrogens with one attached hydrogen (secondary N) is 1. The van der Waals surface area contributed by atoms with Crippen LogP contribution < -0.4 is 5.32 Å². The number of aromatic nitrogens is 1. The van der Waals surface area contributed by atoms with Crippen molar-refractivity contribution in [2.24, 2.45) is 0 Å². The molecule has 6 heteroatoms. The Hall–Kier alpha value is -2.57. The summed E-state index contributed by atoms with van der Waals surface area (Å²) >= 11 is 1.77. The number of rotatable bonds is 5. The number of fused-ring (bicyclic) bond motifs is 1. The van der Waals surface area contributed by atoms with Gasteiger partial charge < -0.3 is 5.32 Å². The summed E-state index contributed by atoms with van der Waals surface area (Å²) in [5, 5.41) is 4.15. The second kappa shape index (κ2) is 8.43. The fourth-order valence-corrected chi connectivity index (χ4v) is 4.92. The highest BCUT2D eigenvalue weighted by molar-refractivity contribution is 7.18. The van der Waals surface area contributed by atoms with E-state index in [0.29, 0.717) is 17.2 Å². The zero-order chi connectivity index (χ0) is 20.4. The van der Waals surface area contributed by atoms with Crippen LogP contribution in [0, 0.1) is 0 Å². The van der Waals surface area contributed by atoms with Gasteiger partial charge in [0.05, 0.1) is 21.3 Å². The molecule has 1 saturated heterocycles. The van der Waals surface area contributed by atoms with E-state index in [1.54, 1.807) is 35.6 Å². The summed E-state index contributed by atoms with van der Waals surface area (Å²) in [6.45, 7) is 5.25. The van der Waals surface area contributed by atoms with Crippen LogP contribution in [-0.4, -0.2) is 40.7 Å². The topological polar surface area (TPSA) is 62.3 Å². The lowest BCUT2D eigenvalue weighted by molar-refractivity contribution is -0.121.